The Labute approximate surface area is 126 Å². The van der Waals surface area contributed by atoms with E-state index in [0.717, 1.165) is 12.5 Å². The fraction of sp³-hybridized carbons (Fsp3) is 0.467. The Morgan fingerprint density at radius 2 is 1.95 bits per heavy atom. The van der Waals surface area contributed by atoms with Crippen molar-refractivity contribution >= 4 is 11.9 Å². The summed E-state index contributed by atoms with van der Waals surface area (Å²) in [5.74, 6) is -1.35. The molecule has 22 heavy (non-hydrogen) atoms. The molecule has 1 fully saturated rings. The third-order valence-corrected chi connectivity index (χ3v) is 3.23. The highest BCUT2D eigenvalue weighted by atomic mass is 19.1. The van der Waals surface area contributed by atoms with Crippen LogP contribution in [0.1, 0.15) is 22.8 Å². The molecule has 0 aromatic heterocycles. The number of carbonyl (C=O) groups excluding carboxylic acids is 2. The molecule has 1 aliphatic heterocycles. The van der Waals surface area contributed by atoms with Gasteiger partial charge in [-0.05, 0) is 19.1 Å². The lowest BCUT2D eigenvalue weighted by Crippen LogP contribution is -2.35. The largest absolute Gasteiger partial charge is 0.459 e. The predicted octanol–water partition coefficient (Wildman–Crippen LogP) is 1.14. The number of esters is 2. The average molecular weight is 312 g/mol. The molecule has 1 aromatic carbocycles. The molecular formula is C15H17FO6. The molecule has 1 N–H and O–H groups in total. The number of hydrogen-bond acceptors (Lipinski definition) is 6. The van der Waals surface area contributed by atoms with Crippen LogP contribution >= 0.6 is 0 Å². The van der Waals surface area contributed by atoms with E-state index in [-0.39, 0.29) is 6.61 Å². The van der Waals surface area contributed by atoms with E-state index in [1.165, 1.54) is 0 Å². The first kappa shape index (κ1) is 16.4. The van der Waals surface area contributed by atoms with Gasteiger partial charge in [0.1, 0.15) is 12.7 Å². The summed E-state index contributed by atoms with van der Waals surface area (Å²) < 4.78 is 28.5. The van der Waals surface area contributed by atoms with Gasteiger partial charge in [0, 0.05) is 6.92 Å². The predicted molar refractivity (Wildman–Crippen MR) is 72.8 cm³/mol. The van der Waals surface area contributed by atoms with E-state index < -0.39 is 36.6 Å². The number of carbonyl (C=O) groups is 2. The molecule has 1 aliphatic rings. The topological polar surface area (TPSA) is 82.1 Å². The van der Waals surface area contributed by atoms with E-state index in [2.05, 4.69) is 4.74 Å². The number of rotatable bonds is 4. The molecule has 0 radical (unpaired) electrons. The monoisotopic (exact) mass is 312 g/mol. The second-order valence-corrected chi connectivity index (χ2v) is 5.05. The Hall–Kier alpha value is -1.99. The molecule has 4 atom stereocenters. The molecule has 6 nitrogen and oxygen atoms in total. The molecule has 4 unspecified atom stereocenters. The number of halogens is 1. The Bertz CT molecular complexity index is 543. The maximum atomic E-state index is 14.0. The van der Waals surface area contributed by atoms with Gasteiger partial charge in [-0.15, -0.1) is 0 Å². The van der Waals surface area contributed by atoms with E-state index in [1.54, 1.807) is 24.3 Å². The molecule has 0 spiro atoms. The van der Waals surface area contributed by atoms with Crippen LogP contribution in [0.3, 0.4) is 0 Å². The lowest BCUT2D eigenvalue weighted by molar-refractivity contribution is -0.169. The SMILES string of the molecule is CC(=O)OC1C(O)OC(COC(=O)c2ccc(C)cc2)C1F. The highest BCUT2D eigenvalue weighted by Crippen LogP contribution is 2.26. The smallest absolute Gasteiger partial charge is 0.338 e. The average Bonchev–Trinajstić information content (AvgIpc) is 2.72. The lowest BCUT2D eigenvalue weighted by Gasteiger charge is -2.15. The zero-order chi connectivity index (χ0) is 16.3. The van der Waals surface area contributed by atoms with Crippen molar-refractivity contribution in [3.05, 3.63) is 35.4 Å². The van der Waals surface area contributed by atoms with Gasteiger partial charge in [0.15, 0.2) is 18.6 Å². The summed E-state index contributed by atoms with van der Waals surface area (Å²) in [5, 5.41) is 9.51. The molecule has 1 aromatic rings. The van der Waals surface area contributed by atoms with Crippen LogP contribution < -0.4 is 0 Å². The molecule has 7 heteroatoms. The first-order valence-corrected chi connectivity index (χ1v) is 6.77. The minimum absolute atomic E-state index is 0.330. The summed E-state index contributed by atoms with van der Waals surface area (Å²) in [6, 6.07) is 6.69. The van der Waals surface area contributed by atoms with E-state index in [9.17, 15) is 19.1 Å². The van der Waals surface area contributed by atoms with Gasteiger partial charge in [-0.25, -0.2) is 9.18 Å². The number of aliphatic hydroxyl groups excluding tert-OH is 1. The number of aryl methyl sites for hydroxylation is 1. The molecule has 0 bridgehead atoms. The van der Waals surface area contributed by atoms with Gasteiger partial charge in [0.05, 0.1) is 5.56 Å². The summed E-state index contributed by atoms with van der Waals surface area (Å²) in [5.41, 5.74) is 1.32. The van der Waals surface area contributed by atoms with Crippen LogP contribution in [0, 0.1) is 6.92 Å². The van der Waals surface area contributed by atoms with Gasteiger partial charge in [-0.2, -0.15) is 0 Å². The molecule has 0 aliphatic carbocycles. The highest BCUT2D eigenvalue weighted by Gasteiger charge is 2.47. The van der Waals surface area contributed by atoms with E-state index >= 15 is 0 Å². The highest BCUT2D eigenvalue weighted by molar-refractivity contribution is 5.89. The molecule has 0 amide bonds. The van der Waals surface area contributed by atoms with Crippen LogP contribution in [0.15, 0.2) is 24.3 Å². The number of ether oxygens (including phenoxy) is 3. The van der Waals surface area contributed by atoms with Crippen LogP contribution in [0.4, 0.5) is 4.39 Å². The third-order valence-electron chi connectivity index (χ3n) is 3.23. The maximum Gasteiger partial charge on any atom is 0.338 e. The summed E-state index contributed by atoms with van der Waals surface area (Å²) in [7, 11) is 0. The summed E-state index contributed by atoms with van der Waals surface area (Å²) in [6.45, 7) is 2.60. The summed E-state index contributed by atoms with van der Waals surface area (Å²) in [6.07, 6.45) is -5.96. The molecule has 0 saturated carbocycles. The van der Waals surface area contributed by atoms with E-state index in [0.29, 0.717) is 5.56 Å². The standard InChI is InChI=1S/C15H17FO6/c1-8-3-5-10(6-4-8)14(18)20-7-11-12(16)13(15(19)22-11)21-9(2)17/h3-6,11-13,15,19H,7H2,1-2H3. The van der Waals surface area contributed by atoms with Gasteiger partial charge in [-0.1, -0.05) is 17.7 Å². The van der Waals surface area contributed by atoms with Gasteiger partial charge in [0.2, 0.25) is 0 Å². The van der Waals surface area contributed by atoms with Gasteiger partial charge >= 0.3 is 11.9 Å². The fourth-order valence-corrected chi connectivity index (χ4v) is 2.08. The van der Waals surface area contributed by atoms with Crippen molar-refractivity contribution in [2.24, 2.45) is 0 Å². The number of aliphatic hydroxyl groups is 1. The molecule has 1 heterocycles. The Balaban J connectivity index is 1.90. The maximum absolute atomic E-state index is 14.0. The minimum Gasteiger partial charge on any atom is -0.459 e. The van der Waals surface area contributed by atoms with Crippen LogP contribution in [0.5, 0.6) is 0 Å². The second kappa shape index (κ2) is 6.85. The van der Waals surface area contributed by atoms with Crippen LogP contribution in [-0.4, -0.2) is 48.3 Å². The molecule has 1 saturated heterocycles. The van der Waals surface area contributed by atoms with Crippen molar-refractivity contribution in [1.29, 1.82) is 0 Å². The van der Waals surface area contributed by atoms with Crippen molar-refractivity contribution in [3.63, 3.8) is 0 Å². The van der Waals surface area contributed by atoms with Crippen molar-refractivity contribution in [2.75, 3.05) is 6.61 Å². The third kappa shape index (κ3) is 3.80. The molecule has 120 valence electrons. The Morgan fingerprint density at radius 3 is 2.55 bits per heavy atom. The van der Waals surface area contributed by atoms with Crippen LogP contribution in [-0.2, 0) is 19.0 Å². The van der Waals surface area contributed by atoms with Crippen molar-refractivity contribution in [1.82, 2.24) is 0 Å². The minimum atomic E-state index is -1.77. The van der Waals surface area contributed by atoms with Crippen molar-refractivity contribution in [3.8, 4) is 0 Å². The van der Waals surface area contributed by atoms with Gasteiger partial charge in [-0.3, -0.25) is 4.79 Å². The van der Waals surface area contributed by atoms with E-state index in [1.807, 2.05) is 6.92 Å². The molecular weight excluding hydrogens is 295 g/mol. The van der Waals surface area contributed by atoms with Crippen molar-refractivity contribution in [2.45, 2.75) is 38.5 Å². The first-order valence-electron chi connectivity index (χ1n) is 6.77. The van der Waals surface area contributed by atoms with Gasteiger partial charge < -0.3 is 19.3 Å². The lowest BCUT2D eigenvalue weighted by atomic mass is 10.1. The summed E-state index contributed by atoms with van der Waals surface area (Å²) >= 11 is 0. The normalized spacial score (nSPS) is 27.5. The first-order chi connectivity index (χ1) is 10.4. The Morgan fingerprint density at radius 1 is 1.32 bits per heavy atom. The number of alkyl halides is 1. The Kier molecular flexibility index (Phi) is 5.10. The quantitative estimate of drug-likeness (QED) is 0.840. The molecule has 2 rings (SSSR count). The fourth-order valence-electron chi connectivity index (χ4n) is 2.08. The van der Waals surface area contributed by atoms with Gasteiger partial charge in [0.25, 0.3) is 0 Å². The zero-order valence-corrected chi connectivity index (χ0v) is 12.2. The second-order valence-electron chi connectivity index (χ2n) is 5.05. The zero-order valence-electron chi connectivity index (χ0n) is 12.2. The number of hydrogen-bond donors (Lipinski definition) is 1. The van der Waals surface area contributed by atoms with Crippen molar-refractivity contribution < 1.29 is 33.3 Å². The van der Waals surface area contributed by atoms with Crippen LogP contribution in [0.25, 0.3) is 0 Å². The number of benzene rings is 1. The summed E-state index contributed by atoms with van der Waals surface area (Å²) in [4.78, 5) is 22.6. The van der Waals surface area contributed by atoms with Crippen LogP contribution in [0.2, 0.25) is 0 Å². The van der Waals surface area contributed by atoms with E-state index in [4.69, 9.17) is 9.47 Å².